The molecule has 0 radical (unpaired) electrons. The van der Waals surface area contributed by atoms with Gasteiger partial charge < -0.3 is 15.0 Å². The van der Waals surface area contributed by atoms with Crippen LogP contribution in [0.5, 0.6) is 5.75 Å². The highest BCUT2D eigenvalue weighted by atomic mass is 35.5. The molecular formula is C14H16Cl2N4O2. The van der Waals surface area contributed by atoms with E-state index in [1.54, 1.807) is 12.1 Å². The smallest absolute Gasteiger partial charge is 0.240 e. The summed E-state index contributed by atoms with van der Waals surface area (Å²) in [7, 11) is 0. The van der Waals surface area contributed by atoms with E-state index in [0.29, 0.717) is 28.3 Å². The molecule has 1 fully saturated rings. The molecule has 3 rings (SSSR count). The van der Waals surface area contributed by atoms with Crippen LogP contribution in [0.15, 0.2) is 22.7 Å². The van der Waals surface area contributed by atoms with Crippen LogP contribution >= 0.6 is 23.2 Å². The van der Waals surface area contributed by atoms with Crippen molar-refractivity contribution in [1.82, 2.24) is 15.0 Å². The highest BCUT2D eigenvalue weighted by molar-refractivity contribution is 6.42. The topological polar surface area (TPSA) is 77.4 Å². The molecule has 0 amide bonds. The van der Waals surface area contributed by atoms with Gasteiger partial charge in [0.1, 0.15) is 11.9 Å². The molecule has 6 nitrogen and oxygen atoms in total. The van der Waals surface area contributed by atoms with Crippen molar-refractivity contribution in [3.8, 4) is 5.75 Å². The monoisotopic (exact) mass is 342 g/mol. The van der Waals surface area contributed by atoms with E-state index in [-0.39, 0.29) is 12.6 Å². The van der Waals surface area contributed by atoms with E-state index in [4.69, 9.17) is 38.2 Å². The molecule has 0 aliphatic carbocycles. The van der Waals surface area contributed by atoms with Crippen LogP contribution in [0.25, 0.3) is 0 Å². The molecule has 2 aromatic rings. The van der Waals surface area contributed by atoms with Gasteiger partial charge in [-0.3, -0.25) is 4.90 Å². The van der Waals surface area contributed by atoms with Crippen LogP contribution in [-0.4, -0.2) is 34.2 Å². The molecule has 1 unspecified atom stereocenters. The number of rotatable bonds is 5. The minimum absolute atomic E-state index is 0.109. The SMILES string of the molecule is NCc1nc(CN2CCC(Oc3ccc(Cl)c(Cl)c3)C2)no1. The van der Waals surface area contributed by atoms with Crippen LogP contribution < -0.4 is 10.5 Å². The number of ether oxygens (including phenoxy) is 1. The summed E-state index contributed by atoms with van der Waals surface area (Å²) in [5, 5.41) is 4.92. The van der Waals surface area contributed by atoms with Crippen molar-refractivity contribution >= 4 is 23.2 Å². The lowest BCUT2D eigenvalue weighted by molar-refractivity contribution is 0.196. The van der Waals surface area contributed by atoms with Crippen molar-refractivity contribution in [2.45, 2.75) is 25.6 Å². The summed E-state index contributed by atoms with van der Waals surface area (Å²) in [6.45, 7) is 2.60. The quantitative estimate of drug-likeness (QED) is 0.899. The molecule has 0 spiro atoms. The predicted molar refractivity (Wildman–Crippen MR) is 83.0 cm³/mol. The van der Waals surface area contributed by atoms with Gasteiger partial charge in [-0.05, 0) is 18.6 Å². The van der Waals surface area contributed by atoms with E-state index in [1.807, 2.05) is 6.07 Å². The van der Waals surface area contributed by atoms with Crippen molar-refractivity contribution in [3.05, 3.63) is 40.0 Å². The summed E-state index contributed by atoms with van der Waals surface area (Å²) in [5.41, 5.74) is 5.45. The highest BCUT2D eigenvalue weighted by Gasteiger charge is 2.25. The second kappa shape index (κ2) is 6.83. The molecule has 1 aromatic heterocycles. The van der Waals surface area contributed by atoms with Crippen LogP contribution in [0, 0.1) is 0 Å². The number of aromatic nitrogens is 2. The first-order valence-corrected chi connectivity index (χ1v) is 7.75. The second-order valence-corrected chi connectivity index (χ2v) is 5.96. The lowest BCUT2D eigenvalue weighted by Crippen LogP contribution is -2.25. The molecule has 2 N–H and O–H groups in total. The van der Waals surface area contributed by atoms with Crippen molar-refractivity contribution in [3.63, 3.8) is 0 Å². The summed E-state index contributed by atoms with van der Waals surface area (Å²) in [6, 6.07) is 5.29. The number of nitrogens with two attached hydrogens (primary N) is 1. The molecule has 0 bridgehead atoms. The fourth-order valence-corrected chi connectivity index (χ4v) is 2.70. The lowest BCUT2D eigenvalue weighted by Gasteiger charge is -2.15. The van der Waals surface area contributed by atoms with E-state index in [1.165, 1.54) is 0 Å². The van der Waals surface area contributed by atoms with E-state index in [9.17, 15) is 0 Å². The van der Waals surface area contributed by atoms with Crippen LogP contribution in [-0.2, 0) is 13.1 Å². The molecule has 1 aromatic carbocycles. The minimum atomic E-state index is 0.109. The lowest BCUT2D eigenvalue weighted by atomic mass is 10.3. The minimum Gasteiger partial charge on any atom is -0.489 e. The van der Waals surface area contributed by atoms with Crippen LogP contribution in [0.3, 0.4) is 0 Å². The van der Waals surface area contributed by atoms with E-state index >= 15 is 0 Å². The highest BCUT2D eigenvalue weighted by Crippen LogP contribution is 2.28. The van der Waals surface area contributed by atoms with Crippen molar-refractivity contribution in [1.29, 1.82) is 0 Å². The number of halogens is 2. The molecule has 1 aliphatic rings. The molecule has 22 heavy (non-hydrogen) atoms. The Balaban J connectivity index is 1.54. The Bertz CT molecular complexity index is 650. The van der Waals surface area contributed by atoms with Crippen LogP contribution in [0.4, 0.5) is 0 Å². The predicted octanol–water partition coefficient (Wildman–Crippen LogP) is 2.49. The van der Waals surface area contributed by atoms with Gasteiger partial charge in [0.2, 0.25) is 5.89 Å². The third-order valence-electron chi connectivity index (χ3n) is 3.47. The Morgan fingerprint density at radius 3 is 2.95 bits per heavy atom. The molecule has 1 aliphatic heterocycles. The van der Waals surface area contributed by atoms with Gasteiger partial charge in [0.15, 0.2) is 5.82 Å². The van der Waals surface area contributed by atoms with E-state index in [0.717, 1.165) is 25.3 Å². The largest absolute Gasteiger partial charge is 0.489 e. The first-order chi connectivity index (χ1) is 10.6. The Labute approximate surface area is 138 Å². The van der Waals surface area contributed by atoms with Gasteiger partial charge in [0, 0.05) is 19.2 Å². The Morgan fingerprint density at radius 1 is 1.36 bits per heavy atom. The standard InChI is InChI=1S/C14H16Cl2N4O2/c15-11-2-1-9(5-12(11)16)21-10-3-4-20(7-10)8-13-18-14(6-17)22-19-13/h1-2,5,10H,3-4,6-8,17H2. The Morgan fingerprint density at radius 2 is 2.23 bits per heavy atom. The van der Waals surface area contributed by atoms with Crippen molar-refractivity contribution < 1.29 is 9.26 Å². The zero-order chi connectivity index (χ0) is 15.5. The first-order valence-electron chi connectivity index (χ1n) is 6.99. The third-order valence-corrected chi connectivity index (χ3v) is 4.21. The fourth-order valence-electron chi connectivity index (χ4n) is 2.42. The summed E-state index contributed by atoms with van der Waals surface area (Å²) >= 11 is 11.9. The van der Waals surface area contributed by atoms with Crippen molar-refractivity contribution in [2.75, 3.05) is 13.1 Å². The molecule has 8 heteroatoms. The maximum atomic E-state index is 5.99. The van der Waals surface area contributed by atoms with E-state index in [2.05, 4.69) is 15.0 Å². The number of hydrogen-bond acceptors (Lipinski definition) is 6. The van der Waals surface area contributed by atoms with Gasteiger partial charge in [-0.15, -0.1) is 0 Å². The zero-order valence-electron chi connectivity index (χ0n) is 11.8. The summed E-state index contributed by atoms with van der Waals surface area (Å²) < 4.78 is 10.9. The molecule has 2 heterocycles. The second-order valence-electron chi connectivity index (χ2n) is 5.15. The Kier molecular flexibility index (Phi) is 4.83. The normalized spacial score (nSPS) is 18.8. The zero-order valence-corrected chi connectivity index (χ0v) is 13.3. The van der Waals surface area contributed by atoms with Gasteiger partial charge in [-0.1, -0.05) is 28.4 Å². The maximum Gasteiger partial charge on any atom is 0.240 e. The molecule has 118 valence electrons. The number of hydrogen-bond donors (Lipinski definition) is 1. The fraction of sp³-hybridized carbons (Fsp3) is 0.429. The average molecular weight is 343 g/mol. The average Bonchev–Trinajstić information content (AvgIpc) is 3.13. The van der Waals surface area contributed by atoms with Gasteiger partial charge in [0.05, 0.1) is 23.1 Å². The van der Waals surface area contributed by atoms with Crippen LogP contribution in [0.2, 0.25) is 10.0 Å². The summed E-state index contributed by atoms with van der Waals surface area (Å²) in [6.07, 6.45) is 1.04. The third kappa shape index (κ3) is 3.70. The van der Waals surface area contributed by atoms with Gasteiger partial charge in [-0.25, -0.2) is 0 Å². The first kappa shape index (κ1) is 15.6. The van der Waals surface area contributed by atoms with Gasteiger partial charge >= 0.3 is 0 Å². The van der Waals surface area contributed by atoms with Crippen molar-refractivity contribution in [2.24, 2.45) is 5.73 Å². The molecule has 1 saturated heterocycles. The van der Waals surface area contributed by atoms with Gasteiger partial charge in [-0.2, -0.15) is 4.98 Å². The maximum absolute atomic E-state index is 5.99. The van der Waals surface area contributed by atoms with E-state index < -0.39 is 0 Å². The van der Waals surface area contributed by atoms with Crippen LogP contribution in [0.1, 0.15) is 18.1 Å². The number of nitrogens with zero attached hydrogens (tertiary/aromatic N) is 3. The number of likely N-dealkylation sites (tertiary alicyclic amines) is 1. The molecule has 1 atom stereocenters. The summed E-state index contributed by atoms with van der Waals surface area (Å²) in [5.74, 6) is 1.83. The number of benzene rings is 1. The Hall–Kier alpha value is -1.34. The molecular weight excluding hydrogens is 327 g/mol. The van der Waals surface area contributed by atoms with Gasteiger partial charge in [0.25, 0.3) is 0 Å². The summed E-state index contributed by atoms with van der Waals surface area (Å²) in [4.78, 5) is 6.42. The molecule has 0 saturated carbocycles.